The van der Waals surface area contributed by atoms with Gasteiger partial charge in [0.05, 0.1) is 12.1 Å². The highest BCUT2D eigenvalue weighted by Gasteiger charge is 2.45. The van der Waals surface area contributed by atoms with Crippen LogP contribution in [0.25, 0.3) is 0 Å². The monoisotopic (exact) mass is 260 g/mol. The molecule has 2 saturated heterocycles. The first-order chi connectivity index (χ1) is 9.29. The molecule has 19 heavy (non-hydrogen) atoms. The third-order valence-corrected chi connectivity index (χ3v) is 3.74. The summed E-state index contributed by atoms with van der Waals surface area (Å²) >= 11 is 0. The number of urea groups is 1. The van der Waals surface area contributed by atoms with E-state index in [-0.39, 0.29) is 18.1 Å². The van der Waals surface area contributed by atoms with E-state index in [4.69, 9.17) is 4.84 Å². The number of carbonyl (C=O) groups is 2. The van der Waals surface area contributed by atoms with E-state index < -0.39 is 0 Å². The normalized spacial score (nSPS) is 25.8. The molecule has 2 aliphatic rings. The van der Waals surface area contributed by atoms with E-state index >= 15 is 0 Å². The van der Waals surface area contributed by atoms with Crippen molar-refractivity contribution in [1.82, 2.24) is 9.96 Å². The number of nitrogens with zero attached hydrogens (tertiary/aromatic N) is 2. The van der Waals surface area contributed by atoms with Gasteiger partial charge in [-0.15, -0.1) is 0 Å². The van der Waals surface area contributed by atoms with Crippen molar-refractivity contribution < 1.29 is 14.4 Å². The minimum absolute atomic E-state index is 0.0763. The van der Waals surface area contributed by atoms with Crippen LogP contribution in [0.3, 0.4) is 0 Å². The Bertz CT molecular complexity index is 477. The summed E-state index contributed by atoms with van der Waals surface area (Å²) in [6.45, 7) is 0.972. The highest BCUT2D eigenvalue weighted by atomic mass is 16.7. The van der Waals surface area contributed by atoms with Gasteiger partial charge in [-0.25, -0.2) is 4.79 Å². The number of carbonyl (C=O) groups excluding carboxylic acids is 2. The molecule has 0 spiro atoms. The fourth-order valence-corrected chi connectivity index (χ4v) is 2.69. The van der Waals surface area contributed by atoms with Crippen molar-refractivity contribution in [3.8, 4) is 0 Å². The molecule has 1 unspecified atom stereocenters. The smallest absolute Gasteiger partial charge is 0.311 e. The maximum atomic E-state index is 12.1. The van der Waals surface area contributed by atoms with Gasteiger partial charge in [-0.1, -0.05) is 30.3 Å². The van der Waals surface area contributed by atoms with Crippen molar-refractivity contribution in [2.45, 2.75) is 31.5 Å². The molecule has 3 rings (SSSR count). The highest BCUT2D eigenvalue weighted by molar-refractivity contribution is 5.80. The predicted octanol–water partition coefficient (Wildman–Crippen LogP) is 1.59. The molecule has 0 aromatic heterocycles. The Kier molecular flexibility index (Phi) is 3.21. The molecular weight excluding hydrogens is 244 g/mol. The average molecular weight is 260 g/mol. The zero-order valence-corrected chi connectivity index (χ0v) is 10.6. The lowest BCUT2D eigenvalue weighted by Gasteiger charge is -2.25. The Hall–Kier alpha value is -1.88. The lowest BCUT2D eigenvalue weighted by molar-refractivity contribution is -0.140. The summed E-state index contributed by atoms with van der Waals surface area (Å²) in [7, 11) is 0. The van der Waals surface area contributed by atoms with Gasteiger partial charge in [0.2, 0.25) is 0 Å². The van der Waals surface area contributed by atoms with Crippen LogP contribution in [0, 0.1) is 0 Å². The summed E-state index contributed by atoms with van der Waals surface area (Å²) in [5.74, 6) is 0. The topological polar surface area (TPSA) is 49.9 Å². The fraction of sp³-hybridized carbons (Fsp3) is 0.429. The first-order valence-corrected chi connectivity index (χ1v) is 6.51. The highest BCUT2D eigenvalue weighted by Crippen LogP contribution is 2.29. The molecule has 0 saturated carbocycles. The predicted molar refractivity (Wildman–Crippen MR) is 68.0 cm³/mol. The molecule has 0 N–H and O–H groups in total. The van der Waals surface area contributed by atoms with Crippen LogP contribution >= 0.6 is 0 Å². The summed E-state index contributed by atoms with van der Waals surface area (Å²) in [5.41, 5.74) is 1.03. The first kappa shape index (κ1) is 12.2. The number of benzene rings is 1. The molecule has 1 aromatic carbocycles. The van der Waals surface area contributed by atoms with Crippen LogP contribution in [0.5, 0.6) is 0 Å². The van der Waals surface area contributed by atoms with Crippen LogP contribution in [-0.2, 0) is 16.2 Å². The van der Waals surface area contributed by atoms with Crippen molar-refractivity contribution in [1.29, 1.82) is 0 Å². The van der Waals surface area contributed by atoms with Gasteiger partial charge in [0.25, 0.3) is 0 Å². The Morgan fingerprint density at radius 3 is 2.79 bits per heavy atom. The van der Waals surface area contributed by atoms with E-state index in [0.29, 0.717) is 13.2 Å². The van der Waals surface area contributed by atoms with E-state index in [2.05, 4.69) is 0 Å². The van der Waals surface area contributed by atoms with Crippen molar-refractivity contribution in [3.05, 3.63) is 35.9 Å². The van der Waals surface area contributed by atoms with E-state index in [1.54, 1.807) is 4.90 Å². The summed E-state index contributed by atoms with van der Waals surface area (Å²) in [6.07, 6.45) is 2.40. The maximum Gasteiger partial charge on any atom is 0.344 e. The molecule has 5 heteroatoms. The number of hydroxylamine groups is 2. The molecule has 5 nitrogen and oxygen atoms in total. The van der Waals surface area contributed by atoms with Crippen molar-refractivity contribution in [2.24, 2.45) is 0 Å². The Labute approximate surface area is 111 Å². The number of hydrogen-bond donors (Lipinski definition) is 0. The summed E-state index contributed by atoms with van der Waals surface area (Å²) < 4.78 is 0. The maximum absolute atomic E-state index is 12.1. The number of amides is 2. The van der Waals surface area contributed by atoms with Crippen LogP contribution in [0.1, 0.15) is 18.4 Å². The molecule has 2 aliphatic heterocycles. The Morgan fingerprint density at radius 2 is 2.05 bits per heavy atom. The Morgan fingerprint density at radius 1 is 1.26 bits per heavy atom. The Balaban J connectivity index is 1.66. The first-order valence-electron chi connectivity index (χ1n) is 6.51. The molecule has 2 atom stereocenters. The van der Waals surface area contributed by atoms with Crippen LogP contribution in [-0.4, -0.2) is 40.9 Å². The molecule has 2 heterocycles. The van der Waals surface area contributed by atoms with Gasteiger partial charge in [0.1, 0.15) is 12.9 Å². The number of fused-ring (bicyclic) bond motifs is 2. The van der Waals surface area contributed by atoms with E-state index in [9.17, 15) is 9.59 Å². The molecule has 0 radical (unpaired) electrons. The lowest BCUT2D eigenvalue weighted by Crippen LogP contribution is -2.40. The number of rotatable bonds is 4. The third-order valence-electron chi connectivity index (χ3n) is 3.74. The van der Waals surface area contributed by atoms with Gasteiger partial charge in [-0.05, 0) is 18.4 Å². The molecule has 100 valence electrons. The fourth-order valence-electron chi connectivity index (χ4n) is 2.69. The van der Waals surface area contributed by atoms with E-state index in [0.717, 1.165) is 24.7 Å². The zero-order chi connectivity index (χ0) is 13.2. The number of aldehydes is 1. The van der Waals surface area contributed by atoms with Gasteiger partial charge in [-0.2, -0.15) is 5.06 Å². The van der Waals surface area contributed by atoms with E-state index in [1.165, 1.54) is 5.06 Å². The minimum atomic E-state index is -0.283. The molecule has 2 bridgehead atoms. The van der Waals surface area contributed by atoms with Crippen molar-refractivity contribution >= 4 is 12.3 Å². The summed E-state index contributed by atoms with van der Waals surface area (Å²) in [6, 6.07) is 9.35. The van der Waals surface area contributed by atoms with Gasteiger partial charge in [0, 0.05) is 6.54 Å². The molecule has 0 aliphatic carbocycles. The second-order valence-electron chi connectivity index (χ2n) is 4.95. The number of piperidine rings is 1. The summed E-state index contributed by atoms with van der Waals surface area (Å²) in [5, 5.41) is 1.44. The zero-order valence-electron chi connectivity index (χ0n) is 10.6. The van der Waals surface area contributed by atoms with Crippen LogP contribution < -0.4 is 0 Å². The minimum Gasteiger partial charge on any atom is -0.311 e. The van der Waals surface area contributed by atoms with Crippen molar-refractivity contribution in [2.75, 3.05) is 6.54 Å². The molecule has 2 amide bonds. The quantitative estimate of drug-likeness (QED) is 0.772. The second kappa shape index (κ2) is 5.01. The van der Waals surface area contributed by atoms with Gasteiger partial charge < -0.3 is 9.69 Å². The largest absolute Gasteiger partial charge is 0.344 e. The van der Waals surface area contributed by atoms with Gasteiger partial charge in [0.15, 0.2) is 0 Å². The van der Waals surface area contributed by atoms with Crippen LogP contribution in [0.15, 0.2) is 30.3 Å². The third kappa shape index (κ3) is 2.21. The average Bonchev–Trinajstić information content (AvgIpc) is 2.71. The van der Waals surface area contributed by atoms with Gasteiger partial charge in [-0.3, -0.25) is 4.84 Å². The van der Waals surface area contributed by atoms with Crippen LogP contribution in [0.2, 0.25) is 0 Å². The molecule has 2 fully saturated rings. The van der Waals surface area contributed by atoms with Crippen LogP contribution in [0.4, 0.5) is 4.79 Å². The van der Waals surface area contributed by atoms with Gasteiger partial charge >= 0.3 is 6.03 Å². The molecule has 1 aromatic rings. The van der Waals surface area contributed by atoms with E-state index in [1.807, 2.05) is 30.3 Å². The standard InChI is InChI=1S/C14H16N2O3/c17-9-13-7-6-12-8-15(13)14(18)16(12)19-10-11-4-2-1-3-5-11/h1-5,9,12-13H,6-8,10H2/t12?,13-/m0/s1. The van der Waals surface area contributed by atoms with Crippen molar-refractivity contribution in [3.63, 3.8) is 0 Å². The second-order valence-corrected chi connectivity index (χ2v) is 4.95. The number of hydrogen-bond acceptors (Lipinski definition) is 3. The SMILES string of the molecule is O=C[C@@H]1CCC2CN1C(=O)N2OCc1ccccc1. The summed E-state index contributed by atoms with van der Waals surface area (Å²) in [4.78, 5) is 30.3. The lowest BCUT2D eigenvalue weighted by atomic mass is 10.0. The molecular formula is C14H16N2O3.